The molecule has 2 aromatic carbocycles. The fraction of sp³-hybridized carbons (Fsp3) is 0.308. The van der Waals surface area contributed by atoms with Crippen molar-refractivity contribution in [2.24, 2.45) is 0 Å². The zero-order chi connectivity index (χ0) is 22.8. The summed E-state index contributed by atoms with van der Waals surface area (Å²) < 4.78 is 5.69. The first-order valence-electron chi connectivity index (χ1n) is 10.5. The van der Waals surface area contributed by atoms with Gasteiger partial charge in [0.15, 0.2) is 0 Å². The van der Waals surface area contributed by atoms with E-state index < -0.39 is 0 Å². The molecule has 0 spiro atoms. The number of amides is 2. The van der Waals surface area contributed by atoms with Crippen molar-refractivity contribution >= 4 is 23.1 Å². The zero-order valence-electron chi connectivity index (χ0n) is 18.9. The highest BCUT2D eigenvalue weighted by molar-refractivity contribution is 6.36. The summed E-state index contributed by atoms with van der Waals surface area (Å²) in [5.74, 6) is 0.0184. The van der Waals surface area contributed by atoms with Crippen LogP contribution in [0.2, 0.25) is 0 Å². The molecule has 31 heavy (non-hydrogen) atoms. The van der Waals surface area contributed by atoms with Gasteiger partial charge in [0.05, 0.1) is 11.7 Å². The lowest BCUT2D eigenvalue weighted by Crippen LogP contribution is -2.32. The molecule has 0 fully saturated rings. The maximum Gasteiger partial charge on any atom is 0.278 e. The molecule has 1 aliphatic rings. The van der Waals surface area contributed by atoms with Crippen LogP contribution >= 0.6 is 0 Å². The molecule has 0 bridgehead atoms. The van der Waals surface area contributed by atoms with Crippen LogP contribution in [-0.4, -0.2) is 29.4 Å². The van der Waals surface area contributed by atoms with Crippen LogP contribution in [0.3, 0.4) is 0 Å². The summed E-state index contributed by atoms with van der Waals surface area (Å²) in [6, 6.07) is 15.2. The number of anilines is 1. The van der Waals surface area contributed by atoms with Gasteiger partial charge < -0.3 is 10.1 Å². The molecule has 5 heteroatoms. The van der Waals surface area contributed by atoms with Crippen LogP contribution in [0.15, 0.2) is 66.9 Å². The highest BCUT2D eigenvalue weighted by atomic mass is 16.5. The third-order valence-electron chi connectivity index (χ3n) is 5.01. The monoisotopic (exact) mass is 418 g/mol. The van der Waals surface area contributed by atoms with Gasteiger partial charge >= 0.3 is 0 Å². The Morgan fingerprint density at radius 3 is 2.13 bits per heavy atom. The van der Waals surface area contributed by atoms with Crippen LogP contribution in [-0.2, 0) is 15.0 Å². The van der Waals surface area contributed by atoms with Crippen molar-refractivity contribution in [3.8, 4) is 5.75 Å². The van der Waals surface area contributed by atoms with E-state index in [0.717, 1.165) is 5.69 Å². The minimum absolute atomic E-state index is 0.0304. The Kier molecular flexibility index (Phi) is 6.34. The number of imide groups is 1. The summed E-state index contributed by atoms with van der Waals surface area (Å²) >= 11 is 0. The SMILES string of the molecule is C=CCN1C(=O)C(Nc2ccc(C(C)(C)C)cc2)=C(c2ccc(OC(C)C)cc2)C1=O. The van der Waals surface area contributed by atoms with Crippen molar-refractivity contribution < 1.29 is 14.3 Å². The fourth-order valence-electron chi connectivity index (χ4n) is 3.42. The highest BCUT2D eigenvalue weighted by Gasteiger charge is 2.38. The van der Waals surface area contributed by atoms with Gasteiger partial charge in [0.1, 0.15) is 11.4 Å². The minimum atomic E-state index is -0.359. The number of nitrogens with one attached hydrogen (secondary N) is 1. The molecule has 1 heterocycles. The summed E-state index contributed by atoms with van der Waals surface area (Å²) in [4.78, 5) is 27.3. The number of hydrogen-bond acceptors (Lipinski definition) is 4. The van der Waals surface area contributed by atoms with E-state index in [9.17, 15) is 9.59 Å². The van der Waals surface area contributed by atoms with E-state index >= 15 is 0 Å². The summed E-state index contributed by atoms with van der Waals surface area (Å²) in [6.07, 6.45) is 1.60. The molecule has 0 atom stereocenters. The minimum Gasteiger partial charge on any atom is -0.491 e. The Morgan fingerprint density at radius 2 is 1.61 bits per heavy atom. The Labute approximate surface area is 184 Å². The first-order valence-corrected chi connectivity index (χ1v) is 10.5. The van der Waals surface area contributed by atoms with E-state index in [2.05, 4.69) is 32.7 Å². The lowest BCUT2D eigenvalue weighted by molar-refractivity contribution is -0.136. The number of hydrogen-bond donors (Lipinski definition) is 1. The molecule has 0 saturated heterocycles. The summed E-state index contributed by atoms with van der Waals surface area (Å²) in [6.45, 7) is 14.2. The molecule has 1 aliphatic heterocycles. The first-order chi connectivity index (χ1) is 14.6. The third kappa shape index (κ3) is 4.88. The summed E-state index contributed by atoms with van der Waals surface area (Å²) in [5, 5.41) is 3.19. The molecule has 0 saturated carbocycles. The van der Waals surface area contributed by atoms with E-state index in [1.165, 1.54) is 10.5 Å². The summed E-state index contributed by atoms with van der Waals surface area (Å²) in [5.41, 5.74) is 3.25. The molecule has 2 aromatic rings. The number of ether oxygens (including phenoxy) is 1. The molecule has 1 N–H and O–H groups in total. The Bertz CT molecular complexity index is 1010. The predicted molar refractivity (Wildman–Crippen MR) is 125 cm³/mol. The quantitative estimate of drug-likeness (QED) is 0.499. The maximum atomic E-state index is 13.1. The number of rotatable bonds is 7. The lowest BCUT2D eigenvalue weighted by Gasteiger charge is -2.19. The molecule has 162 valence electrons. The maximum absolute atomic E-state index is 13.1. The topological polar surface area (TPSA) is 58.6 Å². The molecule has 0 unspecified atom stereocenters. The van der Waals surface area contributed by atoms with Crippen molar-refractivity contribution in [3.05, 3.63) is 78.0 Å². The van der Waals surface area contributed by atoms with Gasteiger partial charge in [-0.15, -0.1) is 6.58 Å². The van der Waals surface area contributed by atoms with Crippen LogP contribution in [0.1, 0.15) is 45.7 Å². The van der Waals surface area contributed by atoms with Gasteiger partial charge in [0.25, 0.3) is 11.8 Å². The lowest BCUT2D eigenvalue weighted by atomic mass is 9.87. The average molecular weight is 419 g/mol. The standard InChI is InChI=1S/C26H30N2O3/c1-7-16-28-24(29)22(18-8-14-21(15-9-18)31-17(2)3)23(25(28)30)27-20-12-10-19(11-13-20)26(4,5)6/h7-15,17,27H,1,16H2,2-6H3. The Balaban J connectivity index is 1.98. The first kappa shape index (κ1) is 22.3. The molecule has 0 radical (unpaired) electrons. The predicted octanol–water partition coefficient (Wildman–Crippen LogP) is 5.15. The molecule has 0 aliphatic carbocycles. The average Bonchev–Trinajstić information content (AvgIpc) is 2.93. The van der Waals surface area contributed by atoms with Crippen LogP contribution in [0, 0.1) is 0 Å². The summed E-state index contributed by atoms with van der Waals surface area (Å²) in [7, 11) is 0. The third-order valence-corrected chi connectivity index (χ3v) is 5.01. The van der Waals surface area contributed by atoms with Gasteiger partial charge in [-0.1, -0.05) is 51.1 Å². The van der Waals surface area contributed by atoms with E-state index in [1.807, 2.05) is 50.2 Å². The second kappa shape index (κ2) is 8.80. The van der Waals surface area contributed by atoms with Crippen LogP contribution in [0.5, 0.6) is 5.75 Å². The van der Waals surface area contributed by atoms with Gasteiger partial charge in [-0.2, -0.15) is 0 Å². The molecule has 0 aromatic heterocycles. The normalized spacial score (nSPS) is 14.5. The van der Waals surface area contributed by atoms with Crippen molar-refractivity contribution in [3.63, 3.8) is 0 Å². The molecular weight excluding hydrogens is 388 g/mol. The second-order valence-electron chi connectivity index (χ2n) is 8.90. The van der Waals surface area contributed by atoms with Crippen molar-refractivity contribution in [1.29, 1.82) is 0 Å². The number of nitrogens with zero attached hydrogens (tertiary/aromatic N) is 1. The van der Waals surface area contributed by atoms with Gasteiger partial charge in [-0.3, -0.25) is 14.5 Å². The van der Waals surface area contributed by atoms with E-state index in [1.54, 1.807) is 18.2 Å². The zero-order valence-corrected chi connectivity index (χ0v) is 18.9. The highest BCUT2D eigenvalue weighted by Crippen LogP contribution is 2.32. The van der Waals surface area contributed by atoms with Crippen molar-refractivity contribution in [2.45, 2.75) is 46.1 Å². The molecule has 3 rings (SSSR count). The molecular formula is C26H30N2O3. The van der Waals surface area contributed by atoms with Gasteiger partial charge in [0.2, 0.25) is 0 Å². The van der Waals surface area contributed by atoms with E-state index in [4.69, 9.17) is 4.74 Å². The number of carbonyl (C=O) groups is 2. The van der Waals surface area contributed by atoms with Crippen LogP contribution in [0.25, 0.3) is 5.57 Å². The van der Waals surface area contributed by atoms with E-state index in [-0.39, 0.29) is 35.6 Å². The van der Waals surface area contributed by atoms with Crippen molar-refractivity contribution in [2.75, 3.05) is 11.9 Å². The van der Waals surface area contributed by atoms with E-state index in [0.29, 0.717) is 16.9 Å². The fourth-order valence-corrected chi connectivity index (χ4v) is 3.42. The second-order valence-corrected chi connectivity index (χ2v) is 8.90. The molecule has 2 amide bonds. The Hall–Kier alpha value is -3.34. The largest absolute Gasteiger partial charge is 0.491 e. The number of benzene rings is 2. The Morgan fingerprint density at radius 1 is 1.00 bits per heavy atom. The molecule has 5 nitrogen and oxygen atoms in total. The van der Waals surface area contributed by atoms with Crippen molar-refractivity contribution in [1.82, 2.24) is 4.90 Å². The van der Waals surface area contributed by atoms with Gasteiger partial charge in [-0.25, -0.2) is 0 Å². The van der Waals surface area contributed by atoms with Gasteiger partial charge in [-0.05, 0) is 54.7 Å². The van der Waals surface area contributed by atoms with Crippen LogP contribution in [0.4, 0.5) is 5.69 Å². The van der Waals surface area contributed by atoms with Crippen LogP contribution < -0.4 is 10.1 Å². The smallest absolute Gasteiger partial charge is 0.278 e. The van der Waals surface area contributed by atoms with Gasteiger partial charge in [0, 0.05) is 12.2 Å². The number of carbonyl (C=O) groups excluding carboxylic acids is 2.